The molecule has 4 heteroatoms. The minimum Gasteiger partial charge on any atom is -0.479 e. The zero-order valence-corrected chi connectivity index (χ0v) is 11.6. The van der Waals surface area contributed by atoms with Crippen molar-refractivity contribution in [3.63, 3.8) is 0 Å². The lowest BCUT2D eigenvalue weighted by molar-refractivity contribution is -0.150. The molecule has 1 atom stereocenters. The molecule has 2 aliphatic carbocycles. The van der Waals surface area contributed by atoms with E-state index in [1.807, 2.05) is 18.2 Å². The summed E-state index contributed by atoms with van der Waals surface area (Å²) in [4.78, 5) is 25.1. The van der Waals surface area contributed by atoms with Crippen LogP contribution in [0.1, 0.15) is 55.7 Å². The number of amides is 1. The molecule has 3 rings (SSSR count). The maximum absolute atomic E-state index is 11.8. The molecular weight excluding hydrogens is 254 g/mol. The van der Waals surface area contributed by atoms with Gasteiger partial charge < -0.3 is 10.0 Å². The van der Waals surface area contributed by atoms with Gasteiger partial charge in [0.25, 0.3) is 0 Å². The van der Waals surface area contributed by atoms with Crippen LogP contribution in [0.4, 0.5) is 0 Å². The van der Waals surface area contributed by atoms with Crippen molar-refractivity contribution in [2.24, 2.45) is 0 Å². The van der Waals surface area contributed by atoms with Crippen LogP contribution in [0.3, 0.4) is 0 Å². The van der Waals surface area contributed by atoms with Crippen LogP contribution in [-0.2, 0) is 9.59 Å². The molecule has 0 heterocycles. The van der Waals surface area contributed by atoms with Crippen LogP contribution in [0.25, 0.3) is 0 Å². The van der Waals surface area contributed by atoms with Crippen LogP contribution < -0.4 is 0 Å². The number of carbonyl (C=O) groups excluding carboxylic acids is 1. The highest BCUT2D eigenvalue weighted by molar-refractivity contribution is 5.84. The van der Waals surface area contributed by atoms with Crippen LogP contribution in [0.5, 0.6) is 0 Å². The Morgan fingerprint density at radius 2 is 1.95 bits per heavy atom. The van der Waals surface area contributed by atoms with E-state index in [9.17, 15) is 14.7 Å². The normalized spacial score (nSPS) is 19.4. The molecular formula is C16H19NO3. The first kappa shape index (κ1) is 13.2. The van der Waals surface area contributed by atoms with Crippen LogP contribution in [-0.4, -0.2) is 27.9 Å². The average molecular weight is 273 g/mol. The second kappa shape index (κ2) is 4.93. The van der Waals surface area contributed by atoms with Crippen LogP contribution in [0.2, 0.25) is 0 Å². The Morgan fingerprint density at radius 1 is 1.25 bits per heavy atom. The Balaban J connectivity index is 1.94. The lowest BCUT2D eigenvalue weighted by atomic mass is 10.00. The van der Waals surface area contributed by atoms with Crippen molar-refractivity contribution in [1.29, 1.82) is 0 Å². The summed E-state index contributed by atoms with van der Waals surface area (Å²) in [5, 5.41) is 9.57. The third-order valence-electron chi connectivity index (χ3n) is 4.09. The van der Waals surface area contributed by atoms with Gasteiger partial charge in [0, 0.05) is 13.0 Å². The molecule has 106 valence electrons. The van der Waals surface area contributed by atoms with Gasteiger partial charge in [0.05, 0.1) is 0 Å². The first-order valence-corrected chi connectivity index (χ1v) is 7.19. The molecule has 2 saturated carbocycles. The van der Waals surface area contributed by atoms with Gasteiger partial charge in [0.2, 0.25) is 5.91 Å². The number of nitrogens with zero attached hydrogens (tertiary/aromatic N) is 1. The molecule has 1 N–H and O–H groups in total. The summed E-state index contributed by atoms with van der Waals surface area (Å²) in [5.74, 6) is -0.520. The van der Waals surface area contributed by atoms with E-state index in [1.54, 1.807) is 0 Å². The summed E-state index contributed by atoms with van der Waals surface area (Å²) in [5.41, 5.74) is 1.93. The molecule has 1 aromatic rings. The van der Waals surface area contributed by atoms with E-state index in [4.69, 9.17) is 0 Å². The van der Waals surface area contributed by atoms with Crippen molar-refractivity contribution in [3.8, 4) is 0 Å². The van der Waals surface area contributed by atoms with E-state index in [-0.39, 0.29) is 11.9 Å². The van der Waals surface area contributed by atoms with Crippen molar-refractivity contribution < 1.29 is 14.7 Å². The fraction of sp³-hybridized carbons (Fsp3) is 0.500. The number of carboxylic acid groups (broad SMARTS) is 1. The van der Waals surface area contributed by atoms with Crippen molar-refractivity contribution in [2.75, 3.05) is 0 Å². The van der Waals surface area contributed by atoms with E-state index < -0.39 is 12.0 Å². The molecule has 1 aromatic carbocycles. The second-order valence-electron chi connectivity index (χ2n) is 5.84. The fourth-order valence-corrected chi connectivity index (χ4v) is 2.82. The molecule has 2 aliphatic rings. The molecule has 1 unspecified atom stereocenters. The lowest BCUT2D eigenvalue weighted by Crippen LogP contribution is -2.39. The third-order valence-corrected chi connectivity index (χ3v) is 4.09. The number of aliphatic carboxylic acids is 1. The SMILES string of the molecule is CC(=O)N(C1CC1)C(C(=O)O)c1cccc(C2CC2)c1. The summed E-state index contributed by atoms with van der Waals surface area (Å²) < 4.78 is 0. The average Bonchev–Trinajstić information content (AvgIpc) is 3.28. The van der Waals surface area contributed by atoms with Gasteiger partial charge in [-0.3, -0.25) is 4.79 Å². The van der Waals surface area contributed by atoms with Crippen molar-refractivity contribution in [2.45, 2.75) is 50.6 Å². The largest absolute Gasteiger partial charge is 0.479 e. The standard InChI is InChI=1S/C16H19NO3/c1-10(18)17(14-7-8-14)15(16(19)20)13-4-2-3-12(9-13)11-5-6-11/h2-4,9,11,14-15H,5-8H2,1H3,(H,19,20). The van der Waals surface area contributed by atoms with E-state index in [2.05, 4.69) is 6.07 Å². The van der Waals surface area contributed by atoms with Crippen molar-refractivity contribution in [3.05, 3.63) is 35.4 Å². The van der Waals surface area contributed by atoms with Gasteiger partial charge in [-0.1, -0.05) is 24.3 Å². The summed E-state index contributed by atoms with van der Waals surface area (Å²) in [6.45, 7) is 1.46. The van der Waals surface area contributed by atoms with Gasteiger partial charge in [-0.2, -0.15) is 0 Å². The van der Waals surface area contributed by atoms with E-state index in [0.717, 1.165) is 18.4 Å². The third kappa shape index (κ3) is 2.55. The number of carbonyl (C=O) groups is 2. The van der Waals surface area contributed by atoms with Crippen LogP contribution >= 0.6 is 0 Å². The van der Waals surface area contributed by atoms with E-state index in [0.29, 0.717) is 5.92 Å². The Morgan fingerprint density at radius 3 is 2.45 bits per heavy atom. The summed E-state index contributed by atoms with van der Waals surface area (Å²) >= 11 is 0. The monoisotopic (exact) mass is 273 g/mol. The van der Waals surface area contributed by atoms with Crippen molar-refractivity contribution >= 4 is 11.9 Å². The zero-order chi connectivity index (χ0) is 14.3. The smallest absolute Gasteiger partial charge is 0.331 e. The molecule has 0 bridgehead atoms. The highest BCUT2D eigenvalue weighted by Crippen LogP contribution is 2.41. The van der Waals surface area contributed by atoms with Gasteiger partial charge in [-0.05, 0) is 42.7 Å². The topological polar surface area (TPSA) is 57.6 Å². The van der Waals surface area contributed by atoms with Gasteiger partial charge in [-0.25, -0.2) is 4.79 Å². The minimum atomic E-state index is -0.944. The van der Waals surface area contributed by atoms with Crippen LogP contribution in [0, 0.1) is 0 Å². The lowest BCUT2D eigenvalue weighted by Gasteiger charge is -2.28. The minimum absolute atomic E-state index is 0.0955. The Bertz CT molecular complexity index is 546. The number of hydrogen-bond donors (Lipinski definition) is 1. The molecule has 1 amide bonds. The van der Waals surface area contributed by atoms with E-state index >= 15 is 0 Å². The summed E-state index contributed by atoms with van der Waals surface area (Å²) in [6.07, 6.45) is 4.18. The van der Waals surface area contributed by atoms with Crippen LogP contribution in [0.15, 0.2) is 24.3 Å². The Labute approximate surface area is 118 Å². The quantitative estimate of drug-likeness (QED) is 0.897. The Hall–Kier alpha value is -1.84. The maximum Gasteiger partial charge on any atom is 0.331 e. The fourth-order valence-electron chi connectivity index (χ4n) is 2.82. The molecule has 0 spiro atoms. The predicted molar refractivity (Wildman–Crippen MR) is 74.3 cm³/mol. The number of rotatable bonds is 5. The van der Waals surface area contributed by atoms with E-state index in [1.165, 1.54) is 30.2 Å². The molecule has 20 heavy (non-hydrogen) atoms. The highest BCUT2D eigenvalue weighted by Gasteiger charge is 2.40. The first-order valence-electron chi connectivity index (χ1n) is 7.19. The zero-order valence-electron chi connectivity index (χ0n) is 11.6. The predicted octanol–water partition coefficient (Wildman–Crippen LogP) is 2.70. The molecule has 0 saturated heterocycles. The first-order chi connectivity index (χ1) is 9.58. The second-order valence-corrected chi connectivity index (χ2v) is 5.84. The molecule has 4 nitrogen and oxygen atoms in total. The highest BCUT2D eigenvalue weighted by atomic mass is 16.4. The molecule has 0 radical (unpaired) electrons. The van der Waals surface area contributed by atoms with Crippen molar-refractivity contribution in [1.82, 2.24) is 4.90 Å². The number of hydrogen-bond acceptors (Lipinski definition) is 2. The summed E-state index contributed by atoms with van der Waals surface area (Å²) in [7, 11) is 0. The van der Waals surface area contributed by atoms with Gasteiger partial charge in [-0.15, -0.1) is 0 Å². The van der Waals surface area contributed by atoms with Gasteiger partial charge in [0.15, 0.2) is 6.04 Å². The van der Waals surface area contributed by atoms with Gasteiger partial charge in [0.1, 0.15) is 0 Å². The maximum atomic E-state index is 11.8. The summed E-state index contributed by atoms with van der Waals surface area (Å²) in [6, 6.07) is 6.99. The molecule has 0 aromatic heterocycles. The Kier molecular flexibility index (Phi) is 3.24. The van der Waals surface area contributed by atoms with Gasteiger partial charge >= 0.3 is 5.97 Å². The number of carboxylic acids is 1. The molecule has 2 fully saturated rings. The molecule has 0 aliphatic heterocycles. The number of benzene rings is 1.